The molecule has 0 atom stereocenters. The topological polar surface area (TPSA) is 60.7 Å². The van der Waals surface area contributed by atoms with E-state index in [9.17, 15) is 9.90 Å². The van der Waals surface area contributed by atoms with E-state index in [-0.39, 0.29) is 23.7 Å². The largest absolute Gasteiger partial charge is 0.508 e. The van der Waals surface area contributed by atoms with Crippen molar-refractivity contribution in [3.63, 3.8) is 0 Å². The van der Waals surface area contributed by atoms with Gasteiger partial charge in [-0.1, -0.05) is 22.8 Å². The quantitative estimate of drug-likeness (QED) is 0.541. The number of phenolic OH excluding ortho intramolecular Hbond substituents is 1. The summed E-state index contributed by atoms with van der Waals surface area (Å²) in [6.45, 7) is 10.8. The Morgan fingerprint density at radius 1 is 0.967 bits per heavy atom. The van der Waals surface area contributed by atoms with E-state index >= 15 is 0 Å². The van der Waals surface area contributed by atoms with Gasteiger partial charge in [0.25, 0.3) is 5.56 Å². The number of benzene rings is 1. The van der Waals surface area contributed by atoms with E-state index in [1.54, 1.807) is 25.2 Å². The van der Waals surface area contributed by atoms with Crippen LogP contribution in [0.3, 0.4) is 0 Å². The SMILES string of the molecule is CC(C)=CCC/C(C)=C/COc1c(OCC=C(C)C)c(=O)n(C)c2cc(O)ccc12. The Morgan fingerprint density at radius 3 is 2.27 bits per heavy atom. The van der Waals surface area contributed by atoms with Crippen LogP contribution in [0.1, 0.15) is 47.5 Å². The van der Waals surface area contributed by atoms with Crippen molar-refractivity contribution in [2.45, 2.75) is 47.5 Å². The first-order valence-electron chi connectivity index (χ1n) is 10.2. The number of ether oxygens (including phenoxy) is 2. The zero-order chi connectivity index (χ0) is 22.3. The van der Waals surface area contributed by atoms with Gasteiger partial charge in [0.2, 0.25) is 5.75 Å². The van der Waals surface area contributed by atoms with Gasteiger partial charge in [0, 0.05) is 18.5 Å². The maximum absolute atomic E-state index is 12.9. The van der Waals surface area contributed by atoms with Crippen LogP contribution in [-0.4, -0.2) is 22.9 Å². The predicted molar refractivity (Wildman–Crippen MR) is 124 cm³/mol. The molecule has 2 rings (SSSR count). The van der Waals surface area contributed by atoms with Gasteiger partial charge >= 0.3 is 0 Å². The Kier molecular flexibility index (Phi) is 8.34. The summed E-state index contributed by atoms with van der Waals surface area (Å²) in [6, 6.07) is 4.89. The summed E-state index contributed by atoms with van der Waals surface area (Å²) in [7, 11) is 1.66. The molecule has 0 aliphatic rings. The van der Waals surface area contributed by atoms with Crippen molar-refractivity contribution in [2.24, 2.45) is 7.05 Å². The number of nitrogens with zero attached hydrogens (tertiary/aromatic N) is 1. The minimum Gasteiger partial charge on any atom is -0.508 e. The predicted octanol–water partition coefficient (Wildman–Crippen LogP) is 5.66. The molecule has 1 aromatic carbocycles. The number of fused-ring (bicyclic) bond motifs is 1. The van der Waals surface area contributed by atoms with Gasteiger partial charge in [0.1, 0.15) is 19.0 Å². The highest BCUT2D eigenvalue weighted by atomic mass is 16.5. The molecule has 162 valence electrons. The van der Waals surface area contributed by atoms with Crippen molar-refractivity contribution in [2.75, 3.05) is 13.2 Å². The van der Waals surface area contributed by atoms with Gasteiger partial charge in [0.15, 0.2) is 5.75 Å². The summed E-state index contributed by atoms with van der Waals surface area (Å²) in [6.07, 6.45) is 8.12. The Labute approximate surface area is 178 Å². The number of phenols is 1. The minimum atomic E-state index is -0.297. The first-order chi connectivity index (χ1) is 14.2. The van der Waals surface area contributed by atoms with Crippen LogP contribution in [0.4, 0.5) is 0 Å². The van der Waals surface area contributed by atoms with Crippen LogP contribution in [0.5, 0.6) is 17.2 Å². The van der Waals surface area contributed by atoms with E-state index in [1.807, 2.05) is 26.0 Å². The molecule has 0 saturated carbocycles. The van der Waals surface area contributed by atoms with Crippen molar-refractivity contribution in [1.29, 1.82) is 0 Å². The number of hydrogen-bond acceptors (Lipinski definition) is 4. The van der Waals surface area contributed by atoms with Crippen molar-refractivity contribution in [3.8, 4) is 17.2 Å². The molecule has 0 amide bonds. The van der Waals surface area contributed by atoms with Crippen LogP contribution in [0.25, 0.3) is 10.9 Å². The number of aryl methyl sites for hydroxylation is 1. The summed E-state index contributed by atoms with van der Waals surface area (Å²) in [5.41, 5.74) is 3.94. The minimum absolute atomic E-state index is 0.0941. The molecule has 30 heavy (non-hydrogen) atoms. The maximum atomic E-state index is 12.9. The smallest absolute Gasteiger partial charge is 0.297 e. The fourth-order valence-electron chi connectivity index (χ4n) is 2.99. The average Bonchev–Trinajstić information content (AvgIpc) is 2.67. The fraction of sp³-hybridized carbons (Fsp3) is 0.400. The van der Waals surface area contributed by atoms with Crippen LogP contribution in [0, 0.1) is 0 Å². The molecule has 0 radical (unpaired) electrons. The summed E-state index contributed by atoms with van der Waals surface area (Å²) in [5, 5.41) is 10.6. The molecule has 0 bridgehead atoms. The first kappa shape index (κ1) is 23.3. The normalized spacial score (nSPS) is 11.3. The standard InChI is InChI=1S/C25H33NO4/c1-17(2)8-7-9-19(5)13-15-29-23-21-11-10-20(27)16-22(21)26(6)25(28)24(23)30-14-12-18(3)4/h8,10-13,16,27H,7,9,14-15H2,1-6H3/b19-13+. The van der Waals surface area contributed by atoms with E-state index in [4.69, 9.17) is 9.47 Å². The summed E-state index contributed by atoms with van der Waals surface area (Å²) in [4.78, 5) is 12.9. The average molecular weight is 412 g/mol. The number of rotatable bonds is 9. The van der Waals surface area contributed by atoms with Gasteiger partial charge in [-0.25, -0.2) is 0 Å². The summed E-state index contributed by atoms with van der Waals surface area (Å²) >= 11 is 0. The van der Waals surface area contributed by atoms with Gasteiger partial charge < -0.3 is 19.1 Å². The van der Waals surface area contributed by atoms with Gasteiger partial charge in [-0.3, -0.25) is 4.79 Å². The Morgan fingerprint density at radius 2 is 1.60 bits per heavy atom. The molecule has 0 spiro atoms. The molecule has 1 aromatic heterocycles. The Balaban J connectivity index is 2.37. The van der Waals surface area contributed by atoms with Gasteiger partial charge in [-0.15, -0.1) is 0 Å². The van der Waals surface area contributed by atoms with Crippen LogP contribution in [0.2, 0.25) is 0 Å². The second-order valence-corrected chi connectivity index (χ2v) is 8.00. The van der Waals surface area contributed by atoms with Gasteiger partial charge in [-0.05, 0) is 71.7 Å². The molecule has 0 unspecified atom stereocenters. The number of aromatic hydroxyl groups is 1. The third-order valence-corrected chi connectivity index (χ3v) is 4.76. The lowest BCUT2D eigenvalue weighted by molar-refractivity contribution is 0.305. The molecule has 0 aliphatic heterocycles. The number of pyridine rings is 1. The zero-order valence-corrected chi connectivity index (χ0v) is 18.9. The summed E-state index contributed by atoms with van der Waals surface area (Å²) < 4.78 is 13.3. The van der Waals surface area contributed by atoms with Crippen LogP contribution < -0.4 is 15.0 Å². The number of hydrogen-bond donors (Lipinski definition) is 1. The van der Waals surface area contributed by atoms with E-state index in [0.717, 1.165) is 23.8 Å². The third kappa shape index (κ3) is 6.28. The van der Waals surface area contributed by atoms with Crippen molar-refractivity contribution >= 4 is 10.9 Å². The molecule has 1 N–H and O–H groups in total. The lowest BCUT2D eigenvalue weighted by Gasteiger charge is -2.16. The molecule has 2 aromatic rings. The molecule has 5 nitrogen and oxygen atoms in total. The summed E-state index contributed by atoms with van der Waals surface area (Å²) in [5.74, 6) is 0.684. The van der Waals surface area contributed by atoms with Gasteiger partial charge in [0.05, 0.1) is 5.52 Å². The Hall–Kier alpha value is -2.95. The molecule has 0 saturated heterocycles. The van der Waals surface area contributed by atoms with Crippen molar-refractivity contribution in [3.05, 3.63) is 63.5 Å². The van der Waals surface area contributed by atoms with Crippen LogP contribution in [-0.2, 0) is 7.05 Å². The highest BCUT2D eigenvalue weighted by Crippen LogP contribution is 2.34. The molecule has 0 aliphatic carbocycles. The van der Waals surface area contributed by atoms with Crippen molar-refractivity contribution in [1.82, 2.24) is 4.57 Å². The number of aromatic nitrogens is 1. The highest BCUT2D eigenvalue weighted by molar-refractivity contribution is 5.88. The number of allylic oxidation sites excluding steroid dienone is 4. The van der Waals surface area contributed by atoms with Crippen LogP contribution >= 0.6 is 0 Å². The van der Waals surface area contributed by atoms with Crippen molar-refractivity contribution < 1.29 is 14.6 Å². The van der Waals surface area contributed by atoms with E-state index in [0.29, 0.717) is 17.9 Å². The third-order valence-electron chi connectivity index (χ3n) is 4.76. The lowest BCUT2D eigenvalue weighted by atomic mass is 10.1. The Bertz CT molecular complexity index is 1030. The maximum Gasteiger partial charge on any atom is 0.297 e. The first-order valence-corrected chi connectivity index (χ1v) is 10.2. The molecule has 0 fully saturated rings. The van der Waals surface area contributed by atoms with E-state index in [1.165, 1.54) is 15.7 Å². The van der Waals surface area contributed by atoms with Gasteiger partial charge in [-0.2, -0.15) is 0 Å². The molecular weight excluding hydrogens is 378 g/mol. The monoisotopic (exact) mass is 411 g/mol. The molecular formula is C25H33NO4. The van der Waals surface area contributed by atoms with Crippen LogP contribution in [0.15, 0.2) is 57.9 Å². The van der Waals surface area contributed by atoms with E-state index < -0.39 is 0 Å². The molecule has 5 heteroatoms. The second kappa shape index (κ2) is 10.7. The molecule has 1 heterocycles. The fourth-order valence-corrected chi connectivity index (χ4v) is 2.99. The lowest BCUT2D eigenvalue weighted by Crippen LogP contribution is -2.21. The zero-order valence-electron chi connectivity index (χ0n) is 18.9. The highest BCUT2D eigenvalue weighted by Gasteiger charge is 2.18. The second-order valence-electron chi connectivity index (χ2n) is 8.00. The van der Waals surface area contributed by atoms with E-state index in [2.05, 4.69) is 26.8 Å².